The van der Waals surface area contributed by atoms with Gasteiger partial charge in [-0.3, -0.25) is 5.10 Å². The molecule has 0 aliphatic heterocycles. The van der Waals surface area contributed by atoms with Crippen molar-refractivity contribution in [3.63, 3.8) is 0 Å². The molecule has 3 nitrogen and oxygen atoms in total. The molecule has 3 aromatic heterocycles. The lowest BCUT2D eigenvalue weighted by Gasteiger charge is -1.92. The lowest BCUT2D eigenvalue weighted by Crippen LogP contribution is -1.81. The van der Waals surface area contributed by atoms with Crippen LogP contribution in [-0.2, 0) is 12.8 Å². The van der Waals surface area contributed by atoms with E-state index in [1.54, 1.807) is 16.2 Å². The van der Waals surface area contributed by atoms with Gasteiger partial charge >= 0.3 is 0 Å². The van der Waals surface area contributed by atoms with E-state index in [-0.39, 0.29) is 0 Å². The second-order valence-corrected chi connectivity index (χ2v) is 7.19. The Kier molecular flexibility index (Phi) is 3.16. The molecule has 20 heavy (non-hydrogen) atoms. The number of rotatable bonds is 2. The number of aromatic nitrogens is 3. The van der Waals surface area contributed by atoms with Crippen LogP contribution < -0.4 is 0 Å². The van der Waals surface area contributed by atoms with Gasteiger partial charge in [0.2, 0.25) is 0 Å². The maximum Gasteiger partial charge on any atom is 0.191 e. The standard InChI is InChI=1S/C15H15N3S2/c1-2-5-10-9-13(20-11(10)6-3-1)15-16-14(17-18-15)12-7-4-8-19-12/h4,7-9H,1-3,5-6H2,(H,16,17,18). The third-order valence-corrected chi connectivity index (χ3v) is 5.82. The van der Waals surface area contributed by atoms with Gasteiger partial charge in [0.05, 0.1) is 9.75 Å². The van der Waals surface area contributed by atoms with Gasteiger partial charge in [0.25, 0.3) is 0 Å². The number of hydrogen-bond donors (Lipinski definition) is 1. The van der Waals surface area contributed by atoms with Crippen LogP contribution in [0.25, 0.3) is 21.4 Å². The highest BCUT2D eigenvalue weighted by molar-refractivity contribution is 7.15. The summed E-state index contributed by atoms with van der Waals surface area (Å²) in [6.45, 7) is 0. The minimum Gasteiger partial charge on any atom is -0.258 e. The minimum atomic E-state index is 0.839. The van der Waals surface area contributed by atoms with Gasteiger partial charge in [-0.1, -0.05) is 12.5 Å². The Morgan fingerprint density at radius 1 is 1.10 bits per heavy atom. The van der Waals surface area contributed by atoms with E-state index in [4.69, 9.17) is 0 Å². The molecule has 0 aromatic carbocycles. The van der Waals surface area contributed by atoms with E-state index in [9.17, 15) is 0 Å². The zero-order valence-electron chi connectivity index (χ0n) is 11.1. The summed E-state index contributed by atoms with van der Waals surface area (Å²) in [6, 6.07) is 6.40. The van der Waals surface area contributed by atoms with Crippen molar-refractivity contribution in [3.8, 4) is 21.4 Å². The van der Waals surface area contributed by atoms with Crippen LogP contribution in [0.2, 0.25) is 0 Å². The van der Waals surface area contributed by atoms with E-state index >= 15 is 0 Å². The molecule has 0 radical (unpaired) electrons. The molecule has 0 amide bonds. The molecule has 0 unspecified atom stereocenters. The number of aromatic amines is 1. The van der Waals surface area contributed by atoms with Crippen molar-refractivity contribution < 1.29 is 0 Å². The highest BCUT2D eigenvalue weighted by Gasteiger charge is 2.16. The lowest BCUT2D eigenvalue weighted by atomic mass is 10.1. The first kappa shape index (κ1) is 12.3. The van der Waals surface area contributed by atoms with Gasteiger partial charge in [0.15, 0.2) is 11.6 Å². The van der Waals surface area contributed by atoms with Crippen molar-refractivity contribution in [1.82, 2.24) is 15.2 Å². The Morgan fingerprint density at radius 2 is 2.05 bits per heavy atom. The van der Waals surface area contributed by atoms with Gasteiger partial charge in [-0.05, 0) is 48.8 Å². The number of fused-ring (bicyclic) bond motifs is 1. The molecule has 0 atom stereocenters. The fourth-order valence-electron chi connectivity index (χ4n) is 2.67. The van der Waals surface area contributed by atoms with Gasteiger partial charge < -0.3 is 0 Å². The molecular formula is C15H15N3S2. The fraction of sp³-hybridized carbons (Fsp3) is 0.333. The number of aryl methyl sites for hydroxylation is 2. The van der Waals surface area contributed by atoms with Crippen molar-refractivity contribution in [1.29, 1.82) is 0 Å². The van der Waals surface area contributed by atoms with Crippen molar-refractivity contribution >= 4 is 22.7 Å². The second-order valence-electron chi connectivity index (χ2n) is 5.10. The summed E-state index contributed by atoms with van der Waals surface area (Å²) in [6.07, 6.45) is 6.44. The van der Waals surface area contributed by atoms with Crippen molar-refractivity contribution in [2.24, 2.45) is 0 Å². The van der Waals surface area contributed by atoms with Crippen LogP contribution in [0, 0.1) is 0 Å². The quantitative estimate of drug-likeness (QED) is 0.706. The molecule has 0 spiro atoms. The fourth-order valence-corrected chi connectivity index (χ4v) is 4.52. The molecule has 102 valence electrons. The predicted octanol–water partition coefficient (Wildman–Crippen LogP) is 4.53. The average Bonchev–Trinajstić information content (AvgIpc) is 3.16. The Bertz CT molecular complexity index is 686. The first-order valence-electron chi connectivity index (χ1n) is 6.98. The van der Waals surface area contributed by atoms with E-state index in [0.29, 0.717) is 0 Å². The maximum absolute atomic E-state index is 4.64. The summed E-state index contributed by atoms with van der Waals surface area (Å²) in [5, 5.41) is 9.51. The molecule has 3 aromatic rings. The molecule has 5 heteroatoms. The second kappa shape index (κ2) is 5.14. The zero-order chi connectivity index (χ0) is 13.4. The van der Waals surface area contributed by atoms with Crippen LogP contribution >= 0.6 is 22.7 Å². The van der Waals surface area contributed by atoms with Crippen LogP contribution in [0.4, 0.5) is 0 Å². The third-order valence-electron chi connectivity index (χ3n) is 3.71. The summed E-state index contributed by atoms with van der Waals surface area (Å²) < 4.78 is 0. The number of nitrogens with one attached hydrogen (secondary N) is 1. The first-order valence-corrected chi connectivity index (χ1v) is 8.68. The van der Waals surface area contributed by atoms with Gasteiger partial charge in [-0.15, -0.1) is 22.7 Å². The summed E-state index contributed by atoms with van der Waals surface area (Å²) in [5.74, 6) is 1.71. The van der Waals surface area contributed by atoms with E-state index in [0.717, 1.165) is 16.5 Å². The van der Waals surface area contributed by atoms with Crippen LogP contribution in [-0.4, -0.2) is 15.2 Å². The summed E-state index contributed by atoms with van der Waals surface area (Å²) >= 11 is 3.56. The van der Waals surface area contributed by atoms with Gasteiger partial charge in [-0.2, -0.15) is 5.10 Å². The number of thiophene rings is 2. The van der Waals surface area contributed by atoms with Crippen molar-refractivity contribution in [2.75, 3.05) is 0 Å². The molecule has 1 aliphatic carbocycles. The molecule has 1 N–H and O–H groups in total. The molecule has 4 rings (SSSR count). The first-order chi connectivity index (χ1) is 9.90. The number of H-pyrrole nitrogens is 1. The monoisotopic (exact) mass is 301 g/mol. The number of hydrogen-bond acceptors (Lipinski definition) is 4. The predicted molar refractivity (Wildman–Crippen MR) is 84.3 cm³/mol. The van der Waals surface area contributed by atoms with Crippen LogP contribution in [0.15, 0.2) is 23.6 Å². The zero-order valence-corrected chi connectivity index (χ0v) is 12.7. The molecule has 0 saturated heterocycles. The lowest BCUT2D eigenvalue weighted by molar-refractivity contribution is 0.713. The molecule has 0 saturated carbocycles. The molecule has 3 heterocycles. The van der Waals surface area contributed by atoms with Gasteiger partial charge in [-0.25, -0.2) is 4.98 Å². The number of nitrogens with zero attached hydrogens (tertiary/aromatic N) is 2. The average molecular weight is 301 g/mol. The van der Waals surface area contributed by atoms with Crippen molar-refractivity contribution in [2.45, 2.75) is 32.1 Å². The Hall–Kier alpha value is -1.46. The van der Waals surface area contributed by atoms with E-state index in [1.165, 1.54) is 42.5 Å². The minimum absolute atomic E-state index is 0.839. The highest BCUT2D eigenvalue weighted by atomic mass is 32.1. The topological polar surface area (TPSA) is 41.6 Å². The molecule has 1 aliphatic rings. The Labute approximate surface area is 125 Å². The molecule has 0 fully saturated rings. The summed E-state index contributed by atoms with van der Waals surface area (Å²) in [7, 11) is 0. The van der Waals surface area contributed by atoms with Gasteiger partial charge in [0.1, 0.15) is 0 Å². The van der Waals surface area contributed by atoms with Crippen molar-refractivity contribution in [3.05, 3.63) is 34.0 Å². The van der Waals surface area contributed by atoms with Crippen LogP contribution in [0.3, 0.4) is 0 Å². The molecule has 0 bridgehead atoms. The Morgan fingerprint density at radius 3 is 2.95 bits per heavy atom. The van der Waals surface area contributed by atoms with Crippen LogP contribution in [0.1, 0.15) is 29.7 Å². The van der Waals surface area contributed by atoms with E-state index in [1.807, 2.05) is 17.4 Å². The SMILES string of the molecule is c1csc(-c2nc(-c3cc4c(s3)CCCCC4)n[nH]2)c1. The Balaban J connectivity index is 1.68. The van der Waals surface area contributed by atoms with E-state index < -0.39 is 0 Å². The van der Waals surface area contributed by atoms with Crippen LogP contribution in [0.5, 0.6) is 0 Å². The largest absolute Gasteiger partial charge is 0.258 e. The highest BCUT2D eigenvalue weighted by Crippen LogP contribution is 2.34. The normalized spacial score (nSPS) is 15.0. The third kappa shape index (κ3) is 2.21. The maximum atomic E-state index is 4.64. The smallest absolute Gasteiger partial charge is 0.191 e. The summed E-state index contributed by atoms with van der Waals surface area (Å²) in [4.78, 5) is 8.53. The van der Waals surface area contributed by atoms with Gasteiger partial charge in [0, 0.05) is 4.88 Å². The van der Waals surface area contributed by atoms with E-state index in [2.05, 4.69) is 32.7 Å². The molecular weight excluding hydrogens is 286 g/mol. The summed E-state index contributed by atoms with van der Waals surface area (Å²) in [5.41, 5.74) is 1.52.